The van der Waals surface area contributed by atoms with Crippen molar-refractivity contribution in [1.29, 1.82) is 0 Å². The molecule has 2 amide bonds. The molecule has 0 spiro atoms. The number of anilines is 1. The van der Waals surface area contributed by atoms with Crippen molar-refractivity contribution < 1.29 is 14.0 Å². The molecule has 22 heavy (non-hydrogen) atoms. The van der Waals surface area contributed by atoms with Gasteiger partial charge in [0.05, 0.1) is 6.26 Å². The molecule has 0 bridgehead atoms. The number of nitrogens with zero attached hydrogens (tertiary/aromatic N) is 1. The molecule has 0 aliphatic heterocycles. The van der Waals surface area contributed by atoms with Crippen LogP contribution >= 0.6 is 0 Å². The number of carbonyl (C=O) groups excluding carboxylic acids is 2. The summed E-state index contributed by atoms with van der Waals surface area (Å²) in [5.74, 6) is 0.316. The summed E-state index contributed by atoms with van der Waals surface area (Å²) in [5, 5.41) is 2.71. The molecule has 0 atom stereocenters. The second-order valence-corrected chi connectivity index (χ2v) is 5.59. The molecule has 1 aromatic heterocycles. The molecule has 0 fully saturated rings. The van der Waals surface area contributed by atoms with Crippen LogP contribution in [0.2, 0.25) is 0 Å². The first-order chi connectivity index (χ1) is 10.5. The molecular weight excluding hydrogens is 280 g/mol. The van der Waals surface area contributed by atoms with Gasteiger partial charge in [0.2, 0.25) is 0 Å². The van der Waals surface area contributed by atoms with Crippen LogP contribution in [0, 0.1) is 5.92 Å². The van der Waals surface area contributed by atoms with Crippen LogP contribution in [0.25, 0.3) is 0 Å². The van der Waals surface area contributed by atoms with Crippen molar-refractivity contribution in [3.8, 4) is 0 Å². The number of nitrogens with one attached hydrogen (secondary N) is 1. The summed E-state index contributed by atoms with van der Waals surface area (Å²) in [7, 11) is 1.79. The summed E-state index contributed by atoms with van der Waals surface area (Å²) >= 11 is 0. The Morgan fingerprint density at radius 2 is 1.86 bits per heavy atom. The molecule has 1 N–H and O–H groups in total. The number of hydrogen-bond acceptors (Lipinski definition) is 3. The van der Waals surface area contributed by atoms with Crippen LogP contribution in [0.15, 0.2) is 47.1 Å². The second kappa shape index (κ2) is 6.93. The Bertz CT molecular complexity index is 630. The fourth-order valence-electron chi connectivity index (χ4n) is 2.15. The predicted octanol–water partition coefficient (Wildman–Crippen LogP) is 3.26. The molecule has 1 aromatic carbocycles. The SMILES string of the molecule is CC(C)CN(C)C(=O)c1ccc(NC(=O)c2ccco2)cc1. The van der Waals surface area contributed by atoms with Gasteiger partial charge in [-0.25, -0.2) is 0 Å². The van der Waals surface area contributed by atoms with Crippen molar-refractivity contribution in [3.63, 3.8) is 0 Å². The molecule has 0 saturated carbocycles. The Kier molecular flexibility index (Phi) is 4.99. The van der Waals surface area contributed by atoms with E-state index in [0.717, 1.165) is 0 Å². The van der Waals surface area contributed by atoms with Crippen molar-refractivity contribution in [2.24, 2.45) is 5.92 Å². The Balaban J connectivity index is 2.01. The zero-order valence-electron chi connectivity index (χ0n) is 13.0. The van der Waals surface area contributed by atoms with E-state index in [-0.39, 0.29) is 17.6 Å². The van der Waals surface area contributed by atoms with Crippen molar-refractivity contribution >= 4 is 17.5 Å². The van der Waals surface area contributed by atoms with E-state index in [1.54, 1.807) is 48.3 Å². The van der Waals surface area contributed by atoms with E-state index in [2.05, 4.69) is 19.2 Å². The molecule has 2 aromatic rings. The van der Waals surface area contributed by atoms with Crippen LogP contribution in [0.5, 0.6) is 0 Å². The molecule has 2 rings (SSSR count). The van der Waals surface area contributed by atoms with Crippen molar-refractivity contribution in [3.05, 3.63) is 54.0 Å². The lowest BCUT2D eigenvalue weighted by Crippen LogP contribution is -2.30. The van der Waals surface area contributed by atoms with Gasteiger partial charge in [0.25, 0.3) is 11.8 Å². The lowest BCUT2D eigenvalue weighted by molar-refractivity contribution is 0.0779. The molecule has 5 nitrogen and oxygen atoms in total. The van der Waals surface area contributed by atoms with Crippen LogP contribution in [0.1, 0.15) is 34.8 Å². The van der Waals surface area contributed by atoms with Gasteiger partial charge in [0.15, 0.2) is 5.76 Å². The van der Waals surface area contributed by atoms with Gasteiger partial charge < -0.3 is 14.6 Å². The number of hydrogen-bond donors (Lipinski definition) is 1. The third-order valence-corrected chi connectivity index (χ3v) is 3.12. The molecule has 0 aliphatic rings. The predicted molar refractivity (Wildman–Crippen MR) is 84.9 cm³/mol. The minimum Gasteiger partial charge on any atom is -0.459 e. The highest BCUT2D eigenvalue weighted by atomic mass is 16.3. The Morgan fingerprint density at radius 1 is 1.18 bits per heavy atom. The number of rotatable bonds is 5. The smallest absolute Gasteiger partial charge is 0.291 e. The number of amides is 2. The highest BCUT2D eigenvalue weighted by Gasteiger charge is 2.13. The monoisotopic (exact) mass is 300 g/mol. The van der Waals surface area contributed by atoms with Gasteiger partial charge in [0.1, 0.15) is 0 Å². The van der Waals surface area contributed by atoms with E-state index in [0.29, 0.717) is 23.7 Å². The van der Waals surface area contributed by atoms with Gasteiger partial charge in [-0.15, -0.1) is 0 Å². The highest BCUT2D eigenvalue weighted by Crippen LogP contribution is 2.13. The van der Waals surface area contributed by atoms with Gasteiger partial charge in [-0.3, -0.25) is 9.59 Å². The summed E-state index contributed by atoms with van der Waals surface area (Å²) < 4.78 is 5.03. The average molecular weight is 300 g/mol. The van der Waals surface area contributed by atoms with Crippen LogP contribution < -0.4 is 5.32 Å². The Morgan fingerprint density at radius 3 is 2.41 bits per heavy atom. The Hall–Kier alpha value is -2.56. The first-order valence-corrected chi connectivity index (χ1v) is 7.17. The maximum Gasteiger partial charge on any atom is 0.291 e. The third kappa shape index (κ3) is 3.97. The standard InChI is InChI=1S/C17H20N2O3/c1-12(2)11-19(3)17(21)13-6-8-14(9-7-13)18-16(20)15-5-4-10-22-15/h4-10,12H,11H2,1-3H3,(H,18,20). The lowest BCUT2D eigenvalue weighted by atomic mass is 10.1. The summed E-state index contributed by atoms with van der Waals surface area (Å²) in [6, 6.07) is 10.1. The van der Waals surface area contributed by atoms with E-state index in [9.17, 15) is 9.59 Å². The summed E-state index contributed by atoms with van der Waals surface area (Å²) in [5.41, 5.74) is 1.21. The lowest BCUT2D eigenvalue weighted by Gasteiger charge is -2.19. The van der Waals surface area contributed by atoms with Gasteiger partial charge in [-0.1, -0.05) is 13.8 Å². The molecular formula is C17H20N2O3. The first kappa shape index (κ1) is 15.8. The molecule has 0 radical (unpaired) electrons. The van der Waals surface area contributed by atoms with Gasteiger partial charge >= 0.3 is 0 Å². The fourth-order valence-corrected chi connectivity index (χ4v) is 2.15. The van der Waals surface area contributed by atoms with Gasteiger partial charge in [-0.05, 0) is 42.3 Å². The molecule has 0 aliphatic carbocycles. The molecule has 0 unspecified atom stereocenters. The van der Waals surface area contributed by atoms with E-state index in [4.69, 9.17) is 4.42 Å². The largest absolute Gasteiger partial charge is 0.459 e. The molecule has 1 heterocycles. The number of furan rings is 1. The van der Waals surface area contributed by atoms with Crippen molar-refractivity contribution in [2.45, 2.75) is 13.8 Å². The number of carbonyl (C=O) groups is 2. The first-order valence-electron chi connectivity index (χ1n) is 7.17. The summed E-state index contributed by atoms with van der Waals surface area (Å²) in [4.78, 5) is 25.8. The zero-order chi connectivity index (χ0) is 16.1. The van der Waals surface area contributed by atoms with Gasteiger partial charge in [0, 0.05) is 24.8 Å². The fraction of sp³-hybridized carbons (Fsp3) is 0.294. The highest BCUT2D eigenvalue weighted by molar-refractivity contribution is 6.02. The summed E-state index contributed by atoms with van der Waals surface area (Å²) in [6.07, 6.45) is 1.45. The van der Waals surface area contributed by atoms with E-state index >= 15 is 0 Å². The van der Waals surface area contributed by atoms with Crippen LogP contribution in [-0.2, 0) is 0 Å². The minimum atomic E-state index is -0.319. The van der Waals surface area contributed by atoms with Crippen molar-refractivity contribution in [1.82, 2.24) is 4.90 Å². The van der Waals surface area contributed by atoms with Crippen LogP contribution in [0.4, 0.5) is 5.69 Å². The zero-order valence-corrected chi connectivity index (χ0v) is 13.0. The van der Waals surface area contributed by atoms with Crippen LogP contribution in [0.3, 0.4) is 0 Å². The molecule has 0 saturated heterocycles. The maximum absolute atomic E-state index is 12.2. The second-order valence-electron chi connectivity index (χ2n) is 5.59. The molecule has 5 heteroatoms. The maximum atomic E-state index is 12.2. The van der Waals surface area contributed by atoms with Crippen LogP contribution in [-0.4, -0.2) is 30.3 Å². The third-order valence-electron chi connectivity index (χ3n) is 3.12. The Labute approximate surface area is 129 Å². The minimum absolute atomic E-state index is 0.0300. The topological polar surface area (TPSA) is 62.6 Å². The van der Waals surface area contributed by atoms with Crippen molar-refractivity contribution in [2.75, 3.05) is 18.9 Å². The quantitative estimate of drug-likeness (QED) is 0.922. The molecule has 116 valence electrons. The van der Waals surface area contributed by atoms with Gasteiger partial charge in [-0.2, -0.15) is 0 Å². The summed E-state index contributed by atoms with van der Waals surface area (Å²) in [6.45, 7) is 4.84. The average Bonchev–Trinajstić information content (AvgIpc) is 3.01. The normalized spacial score (nSPS) is 10.5. The van der Waals surface area contributed by atoms with E-state index in [1.165, 1.54) is 6.26 Å². The van der Waals surface area contributed by atoms with E-state index in [1.807, 2.05) is 0 Å². The number of benzene rings is 1. The van der Waals surface area contributed by atoms with E-state index < -0.39 is 0 Å².